The predicted molar refractivity (Wildman–Crippen MR) is 73.2 cm³/mol. The minimum Gasteiger partial charge on any atom is -0.493 e. The summed E-state index contributed by atoms with van der Waals surface area (Å²) in [6, 6.07) is 2.15. The normalized spacial score (nSPS) is 18.6. The Labute approximate surface area is 113 Å². The molecule has 1 aromatic carbocycles. The van der Waals surface area contributed by atoms with Gasteiger partial charge in [0, 0.05) is 17.5 Å². The number of aryl methyl sites for hydroxylation is 1. The summed E-state index contributed by atoms with van der Waals surface area (Å²) in [7, 11) is 0. The Morgan fingerprint density at radius 2 is 2.05 bits per heavy atom. The zero-order chi connectivity index (χ0) is 13.2. The van der Waals surface area contributed by atoms with Crippen molar-refractivity contribution < 1.29 is 14.3 Å². The number of aldehydes is 1. The molecule has 19 heavy (non-hydrogen) atoms. The van der Waals surface area contributed by atoms with Crippen molar-refractivity contribution >= 4 is 6.29 Å². The third-order valence-corrected chi connectivity index (χ3v) is 4.07. The van der Waals surface area contributed by atoms with E-state index in [0.717, 1.165) is 56.7 Å². The molecule has 102 valence electrons. The lowest BCUT2D eigenvalue weighted by Gasteiger charge is -2.29. The first kappa shape index (κ1) is 12.5. The summed E-state index contributed by atoms with van der Waals surface area (Å²) in [5.41, 5.74) is 3.74. The number of carbonyl (C=O) groups is 1. The number of benzene rings is 1. The van der Waals surface area contributed by atoms with E-state index in [0.29, 0.717) is 6.42 Å². The molecule has 0 saturated carbocycles. The van der Waals surface area contributed by atoms with Crippen LogP contribution in [0, 0.1) is 0 Å². The molecule has 1 atom stereocenters. The quantitative estimate of drug-likeness (QED) is 0.784. The van der Waals surface area contributed by atoms with Gasteiger partial charge in [0.2, 0.25) is 0 Å². The fourth-order valence-corrected chi connectivity index (χ4v) is 3.15. The lowest BCUT2D eigenvalue weighted by Crippen LogP contribution is -2.18. The van der Waals surface area contributed by atoms with Crippen molar-refractivity contribution in [3.8, 4) is 11.5 Å². The lowest BCUT2D eigenvalue weighted by atomic mass is 9.86. The predicted octanol–water partition coefficient (Wildman–Crippen LogP) is 3.03. The van der Waals surface area contributed by atoms with E-state index in [2.05, 4.69) is 13.0 Å². The van der Waals surface area contributed by atoms with Crippen molar-refractivity contribution in [2.24, 2.45) is 0 Å². The van der Waals surface area contributed by atoms with Gasteiger partial charge in [-0.3, -0.25) is 0 Å². The van der Waals surface area contributed by atoms with Crippen LogP contribution in [0.5, 0.6) is 11.5 Å². The van der Waals surface area contributed by atoms with Crippen LogP contribution in [0.4, 0.5) is 0 Å². The highest BCUT2D eigenvalue weighted by Crippen LogP contribution is 2.43. The van der Waals surface area contributed by atoms with Crippen molar-refractivity contribution in [1.29, 1.82) is 0 Å². The van der Waals surface area contributed by atoms with Gasteiger partial charge in [-0.1, -0.05) is 6.92 Å². The summed E-state index contributed by atoms with van der Waals surface area (Å²) in [5, 5.41) is 0. The van der Waals surface area contributed by atoms with E-state index in [-0.39, 0.29) is 5.92 Å². The second-order valence-electron chi connectivity index (χ2n) is 5.46. The summed E-state index contributed by atoms with van der Waals surface area (Å²) < 4.78 is 11.7. The van der Waals surface area contributed by atoms with Gasteiger partial charge in [-0.2, -0.15) is 0 Å². The molecule has 0 radical (unpaired) electrons. The van der Waals surface area contributed by atoms with Gasteiger partial charge in [0.1, 0.15) is 17.8 Å². The molecule has 1 aromatic rings. The Balaban J connectivity index is 2.13. The molecule has 0 fully saturated rings. The SMILES string of the molecule is CC(CC=O)c1c2c(cc3c1OCCC3)OCCC2. The van der Waals surface area contributed by atoms with E-state index in [4.69, 9.17) is 9.47 Å². The molecule has 3 nitrogen and oxygen atoms in total. The molecule has 0 bridgehead atoms. The van der Waals surface area contributed by atoms with Gasteiger partial charge in [-0.15, -0.1) is 0 Å². The number of fused-ring (bicyclic) bond motifs is 2. The first-order chi connectivity index (χ1) is 9.31. The molecule has 0 N–H and O–H groups in total. The molecule has 3 heteroatoms. The Morgan fingerprint density at radius 1 is 1.26 bits per heavy atom. The zero-order valence-corrected chi connectivity index (χ0v) is 11.4. The number of ether oxygens (including phenoxy) is 2. The van der Waals surface area contributed by atoms with Crippen LogP contribution in [0.2, 0.25) is 0 Å². The van der Waals surface area contributed by atoms with E-state index in [1.807, 2.05) is 0 Å². The average molecular weight is 260 g/mol. The molecule has 2 aliphatic rings. The van der Waals surface area contributed by atoms with Crippen LogP contribution in [-0.4, -0.2) is 19.5 Å². The second-order valence-corrected chi connectivity index (χ2v) is 5.46. The topological polar surface area (TPSA) is 35.5 Å². The fraction of sp³-hybridized carbons (Fsp3) is 0.562. The van der Waals surface area contributed by atoms with Gasteiger partial charge < -0.3 is 14.3 Å². The van der Waals surface area contributed by atoms with E-state index in [9.17, 15) is 4.79 Å². The Bertz CT molecular complexity index is 459. The molecule has 0 aromatic heterocycles. The molecule has 1 unspecified atom stereocenters. The maximum Gasteiger partial charge on any atom is 0.126 e. The van der Waals surface area contributed by atoms with Crippen molar-refractivity contribution in [1.82, 2.24) is 0 Å². The van der Waals surface area contributed by atoms with Gasteiger partial charge in [0.15, 0.2) is 0 Å². The van der Waals surface area contributed by atoms with Crippen LogP contribution >= 0.6 is 0 Å². The van der Waals surface area contributed by atoms with Crippen LogP contribution in [-0.2, 0) is 17.6 Å². The zero-order valence-electron chi connectivity index (χ0n) is 11.4. The van der Waals surface area contributed by atoms with Gasteiger partial charge in [0.05, 0.1) is 13.2 Å². The van der Waals surface area contributed by atoms with Crippen LogP contribution in [0.1, 0.15) is 48.8 Å². The van der Waals surface area contributed by atoms with E-state index >= 15 is 0 Å². The van der Waals surface area contributed by atoms with Crippen molar-refractivity contribution in [3.05, 3.63) is 22.8 Å². The summed E-state index contributed by atoms with van der Waals surface area (Å²) >= 11 is 0. The van der Waals surface area contributed by atoms with Gasteiger partial charge >= 0.3 is 0 Å². The molecule has 0 amide bonds. The summed E-state index contributed by atoms with van der Waals surface area (Å²) in [6.07, 6.45) is 5.74. The minimum atomic E-state index is 0.209. The second kappa shape index (κ2) is 5.24. The summed E-state index contributed by atoms with van der Waals surface area (Å²) in [4.78, 5) is 10.9. The van der Waals surface area contributed by atoms with E-state index in [1.165, 1.54) is 16.7 Å². The fourth-order valence-electron chi connectivity index (χ4n) is 3.15. The maximum absolute atomic E-state index is 10.9. The van der Waals surface area contributed by atoms with Crippen LogP contribution in [0.15, 0.2) is 6.07 Å². The van der Waals surface area contributed by atoms with Crippen LogP contribution in [0.25, 0.3) is 0 Å². The standard InChI is InChI=1S/C16H20O3/c1-11(6-7-17)15-13-5-3-8-18-14(13)10-12-4-2-9-19-16(12)15/h7,10-11H,2-6,8-9H2,1H3. The number of carbonyl (C=O) groups excluding carboxylic acids is 1. The molecule has 2 heterocycles. The Hall–Kier alpha value is -1.51. The first-order valence-corrected chi connectivity index (χ1v) is 7.19. The Morgan fingerprint density at radius 3 is 2.89 bits per heavy atom. The minimum absolute atomic E-state index is 0.209. The monoisotopic (exact) mass is 260 g/mol. The third-order valence-electron chi connectivity index (χ3n) is 4.07. The molecule has 0 spiro atoms. The van der Waals surface area contributed by atoms with E-state index < -0.39 is 0 Å². The Kier molecular flexibility index (Phi) is 3.45. The first-order valence-electron chi connectivity index (χ1n) is 7.19. The number of rotatable bonds is 3. The third kappa shape index (κ3) is 2.22. The smallest absolute Gasteiger partial charge is 0.126 e. The van der Waals surface area contributed by atoms with Gasteiger partial charge in [-0.05, 0) is 43.2 Å². The van der Waals surface area contributed by atoms with Crippen LogP contribution < -0.4 is 9.47 Å². The molecule has 0 saturated heterocycles. The largest absolute Gasteiger partial charge is 0.493 e. The molecule has 2 aliphatic heterocycles. The highest BCUT2D eigenvalue weighted by Gasteiger charge is 2.26. The van der Waals surface area contributed by atoms with Crippen LogP contribution in [0.3, 0.4) is 0 Å². The molecular formula is C16H20O3. The van der Waals surface area contributed by atoms with Gasteiger partial charge in [0.25, 0.3) is 0 Å². The molecule has 3 rings (SSSR count). The van der Waals surface area contributed by atoms with E-state index in [1.54, 1.807) is 0 Å². The number of hydrogen-bond acceptors (Lipinski definition) is 3. The highest BCUT2D eigenvalue weighted by molar-refractivity contribution is 5.59. The lowest BCUT2D eigenvalue weighted by molar-refractivity contribution is -0.108. The number of hydrogen-bond donors (Lipinski definition) is 0. The molecule has 0 aliphatic carbocycles. The van der Waals surface area contributed by atoms with Crippen molar-refractivity contribution in [3.63, 3.8) is 0 Å². The average Bonchev–Trinajstić information content (AvgIpc) is 2.44. The molecular weight excluding hydrogens is 240 g/mol. The highest BCUT2D eigenvalue weighted by atomic mass is 16.5. The van der Waals surface area contributed by atoms with Gasteiger partial charge in [-0.25, -0.2) is 0 Å². The summed E-state index contributed by atoms with van der Waals surface area (Å²) in [6.45, 7) is 3.69. The summed E-state index contributed by atoms with van der Waals surface area (Å²) in [5.74, 6) is 2.26. The maximum atomic E-state index is 10.9. The van der Waals surface area contributed by atoms with Crippen molar-refractivity contribution in [2.75, 3.05) is 13.2 Å². The van der Waals surface area contributed by atoms with Crippen molar-refractivity contribution in [2.45, 2.75) is 44.9 Å².